The first-order chi connectivity index (χ1) is 7.61. The van der Waals surface area contributed by atoms with Crippen molar-refractivity contribution < 1.29 is 26.4 Å². The SMILES string of the molecule is CS(=O)(=O)CC(=O)c1ccccc1C(F)(F)F. The van der Waals surface area contributed by atoms with E-state index in [2.05, 4.69) is 0 Å². The van der Waals surface area contributed by atoms with Gasteiger partial charge in [-0.3, -0.25) is 4.79 Å². The topological polar surface area (TPSA) is 51.2 Å². The van der Waals surface area contributed by atoms with E-state index in [1.54, 1.807) is 0 Å². The van der Waals surface area contributed by atoms with Crippen molar-refractivity contribution in [1.82, 2.24) is 0 Å². The van der Waals surface area contributed by atoms with Gasteiger partial charge >= 0.3 is 6.18 Å². The fraction of sp³-hybridized carbons (Fsp3) is 0.300. The summed E-state index contributed by atoms with van der Waals surface area (Å²) in [6, 6.07) is 4.11. The van der Waals surface area contributed by atoms with Gasteiger partial charge in [-0.15, -0.1) is 0 Å². The van der Waals surface area contributed by atoms with E-state index in [1.807, 2.05) is 0 Å². The van der Waals surface area contributed by atoms with E-state index in [1.165, 1.54) is 6.07 Å². The number of benzene rings is 1. The molecule has 0 atom stereocenters. The molecule has 1 rings (SSSR count). The van der Waals surface area contributed by atoms with Crippen molar-refractivity contribution in [3.05, 3.63) is 35.4 Å². The van der Waals surface area contributed by atoms with Crippen LogP contribution in [0.2, 0.25) is 0 Å². The molecular formula is C10H9F3O3S. The molecule has 0 amide bonds. The van der Waals surface area contributed by atoms with Gasteiger partial charge in [0.25, 0.3) is 0 Å². The van der Waals surface area contributed by atoms with Gasteiger partial charge in [-0.2, -0.15) is 13.2 Å². The lowest BCUT2D eigenvalue weighted by molar-refractivity contribution is -0.137. The van der Waals surface area contributed by atoms with Crippen LogP contribution >= 0.6 is 0 Å². The number of carbonyl (C=O) groups is 1. The second-order valence-electron chi connectivity index (χ2n) is 3.54. The van der Waals surface area contributed by atoms with Gasteiger partial charge in [-0.05, 0) is 6.07 Å². The highest BCUT2D eigenvalue weighted by atomic mass is 32.2. The van der Waals surface area contributed by atoms with Crippen molar-refractivity contribution in [2.24, 2.45) is 0 Å². The van der Waals surface area contributed by atoms with E-state index in [4.69, 9.17) is 0 Å². The lowest BCUT2D eigenvalue weighted by atomic mass is 10.0. The minimum Gasteiger partial charge on any atom is -0.293 e. The van der Waals surface area contributed by atoms with Crippen LogP contribution in [0.1, 0.15) is 15.9 Å². The standard InChI is InChI=1S/C10H9F3O3S/c1-17(15,16)6-9(14)7-4-2-3-5-8(7)10(11,12)13/h2-5H,6H2,1H3. The quantitative estimate of drug-likeness (QED) is 0.785. The number of halogens is 3. The third-order valence-electron chi connectivity index (χ3n) is 1.93. The molecule has 0 fully saturated rings. The molecule has 3 nitrogen and oxygen atoms in total. The average Bonchev–Trinajstić information content (AvgIpc) is 2.13. The van der Waals surface area contributed by atoms with Gasteiger partial charge in [-0.25, -0.2) is 8.42 Å². The van der Waals surface area contributed by atoms with Gasteiger partial charge < -0.3 is 0 Å². The zero-order valence-electron chi connectivity index (χ0n) is 8.78. The molecule has 0 aromatic heterocycles. The number of rotatable bonds is 3. The number of sulfone groups is 1. The van der Waals surface area contributed by atoms with Gasteiger partial charge in [0, 0.05) is 11.8 Å². The highest BCUT2D eigenvalue weighted by molar-refractivity contribution is 7.91. The highest BCUT2D eigenvalue weighted by Crippen LogP contribution is 2.32. The van der Waals surface area contributed by atoms with Crippen molar-refractivity contribution in [2.75, 3.05) is 12.0 Å². The molecule has 0 heterocycles. The molecule has 0 radical (unpaired) electrons. The summed E-state index contributed by atoms with van der Waals surface area (Å²) in [6.07, 6.45) is -3.88. The van der Waals surface area contributed by atoms with E-state index < -0.39 is 38.7 Å². The maximum atomic E-state index is 12.5. The Morgan fingerprint density at radius 3 is 2.24 bits per heavy atom. The first kappa shape index (κ1) is 13.7. The Bertz CT molecular complexity index is 532. The Morgan fingerprint density at radius 1 is 1.24 bits per heavy atom. The fourth-order valence-electron chi connectivity index (χ4n) is 1.29. The lowest BCUT2D eigenvalue weighted by Crippen LogP contribution is -2.19. The molecule has 0 aliphatic heterocycles. The molecule has 7 heteroatoms. The summed E-state index contributed by atoms with van der Waals surface area (Å²) in [4.78, 5) is 11.4. The summed E-state index contributed by atoms with van der Waals surface area (Å²) in [5, 5.41) is 0. The van der Waals surface area contributed by atoms with E-state index in [0.717, 1.165) is 24.5 Å². The van der Waals surface area contributed by atoms with E-state index in [0.29, 0.717) is 0 Å². The van der Waals surface area contributed by atoms with Gasteiger partial charge in [-0.1, -0.05) is 18.2 Å². The Kier molecular flexibility index (Phi) is 3.61. The molecule has 17 heavy (non-hydrogen) atoms. The highest BCUT2D eigenvalue weighted by Gasteiger charge is 2.35. The zero-order valence-corrected chi connectivity index (χ0v) is 9.60. The van der Waals surface area contributed by atoms with Crippen LogP contribution in [-0.2, 0) is 16.0 Å². The van der Waals surface area contributed by atoms with Gasteiger partial charge in [0.2, 0.25) is 0 Å². The zero-order chi connectivity index (χ0) is 13.3. The van der Waals surface area contributed by atoms with Gasteiger partial charge in [0.15, 0.2) is 15.6 Å². The molecule has 0 spiro atoms. The summed E-state index contributed by atoms with van der Waals surface area (Å²) < 4.78 is 59.4. The summed E-state index contributed by atoms with van der Waals surface area (Å²) >= 11 is 0. The predicted molar refractivity (Wildman–Crippen MR) is 55.5 cm³/mol. The third-order valence-corrected chi connectivity index (χ3v) is 2.71. The number of ketones is 1. The van der Waals surface area contributed by atoms with Gasteiger partial charge in [0.1, 0.15) is 5.75 Å². The summed E-state index contributed by atoms with van der Waals surface area (Å²) in [6.45, 7) is 0. The van der Waals surface area contributed by atoms with Crippen LogP contribution in [0, 0.1) is 0 Å². The maximum absolute atomic E-state index is 12.5. The van der Waals surface area contributed by atoms with Crippen LogP contribution in [0.3, 0.4) is 0 Å². The third kappa shape index (κ3) is 3.85. The molecule has 0 aliphatic carbocycles. The van der Waals surface area contributed by atoms with Crippen LogP contribution in [0.4, 0.5) is 13.2 Å². The molecular weight excluding hydrogens is 257 g/mol. The van der Waals surface area contributed by atoms with Crippen LogP contribution in [0.5, 0.6) is 0 Å². The van der Waals surface area contributed by atoms with Crippen molar-refractivity contribution in [3.8, 4) is 0 Å². The number of hydrogen-bond acceptors (Lipinski definition) is 3. The molecule has 0 saturated heterocycles. The summed E-state index contributed by atoms with van der Waals surface area (Å²) in [5.74, 6) is -1.99. The number of alkyl halides is 3. The van der Waals surface area contributed by atoms with E-state index in [9.17, 15) is 26.4 Å². The lowest BCUT2D eigenvalue weighted by Gasteiger charge is -2.11. The second kappa shape index (κ2) is 4.48. The van der Waals surface area contributed by atoms with Crippen molar-refractivity contribution in [3.63, 3.8) is 0 Å². The Labute approximate surface area is 96.2 Å². The first-order valence-corrected chi connectivity index (χ1v) is 6.54. The van der Waals surface area contributed by atoms with Crippen molar-refractivity contribution in [2.45, 2.75) is 6.18 Å². The van der Waals surface area contributed by atoms with Crippen LogP contribution in [0.25, 0.3) is 0 Å². The Balaban J connectivity index is 3.19. The summed E-state index contributed by atoms with van der Waals surface area (Å²) in [7, 11) is -3.65. The van der Waals surface area contributed by atoms with Crippen molar-refractivity contribution in [1.29, 1.82) is 0 Å². The fourth-order valence-corrected chi connectivity index (χ4v) is 1.92. The Morgan fingerprint density at radius 2 is 1.76 bits per heavy atom. The number of Topliss-reactive ketones (excluding diaryl/α,β-unsaturated/α-hetero) is 1. The summed E-state index contributed by atoms with van der Waals surface area (Å²) in [5.41, 5.74) is -1.74. The molecule has 0 saturated carbocycles. The van der Waals surface area contributed by atoms with Crippen LogP contribution < -0.4 is 0 Å². The maximum Gasteiger partial charge on any atom is 0.417 e. The first-order valence-electron chi connectivity index (χ1n) is 4.48. The van der Waals surface area contributed by atoms with Gasteiger partial charge in [0.05, 0.1) is 5.56 Å². The average molecular weight is 266 g/mol. The largest absolute Gasteiger partial charge is 0.417 e. The number of carbonyl (C=O) groups excluding carboxylic acids is 1. The molecule has 0 unspecified atom stereocenters. The van der Waals surface area contributed by atoms with Crippen LogP contribution in [0.15, 0.2) is 24.3 Å². The smallest absolute Gasteiger partial charge is 0.293 e. The second-order valence-corrected chi connectivity index (χ2v) is 5.68. The molecule has 1 aromatic rings. The molecule has 0 aliphatic rings. The minimum absolute atomic E-state index is 0.620. The molecule has 1 aromatic carbocycles. The predicted octanol–water partition coefficient (Wildman–Crippen LogP) is 1.93. The normalized spacial score (nSPS) is 12.5. The molecule has 0 bridgehead atoms. The monoisotopic (exact) mass is 266 g/mol. The van der Waals surface area contributed by atoms with Crippen LogP contribution in [-0.4, -0.2) is 26.2 Å². The molecule has 94 valence electrons. The molecule has 0 N–H and O–H groups in total. The van der Waals surface area contributed by atoms with E-state index in [-0.39, 0.29) is 0 Å². The minimum atomic E-state index is -4.68. The Hall–Kier alpha value is -1.37. The van der Waals surface area contributed by atoms with Crippen molar-refractivity contribution >= 4 is 15.6 Å². The number of hydrogen-bond donors (Lipinski definition) is 0. The van der Waals surface area contributed by atoms with E-state index >= 15 is 0 Å².